The topological polar surface area (TPSA) is 33.6 Å². The van der Waals surface area contributed by atoms with Gasteiger partial charge in [0.2, 0.25) is 0 Å². The summed E-state index contributed by atoms with van der Waals surface area (Å²) in [5.74, 6) is 2.17. The number of aliphatic imine (C=N–C) groups is 1. The van der Waals surface area contributed by atoms with Gasteiger partial charge in [0.1, 0.15) is 11.6 Å². The number of hydrogen-bond acceptors (Lipinski definition) is 2. The van der Waals surface area contributed by atoms with Crippen molar-refractivity contribution in [3.63, 3.8) is 0 Å². The van der Waals surface area contributed by atoms with Crippen LogP contribution in [0.1, 0.15) is 26.3 Å². The molecule has 2 aromatic rings. The van der Waals surface area contributed by atoms with Crippen LogP contribution in [0, 0.1) is 0 Å². The normalized spacial score (nSPS) is 16.0. The molecular weight excluding hydrogens is 308 g/mol. The predicted octanol–water partition coefficient (Wildman–Crippen LogP) is 5.38. The van der Waals surface area contributed by atoms with Gasteiger partial charge in [-0.15, -0.1) is 0 Å². The first-order valence-corrected chi connectivity index (χ1v) is 7.90. The Labute approximate surface area is 141 Å². The van der Waals surface area contributed by atoms with Gasteiger partial charge in [0.05, 0.1) is 16.2 Å². The zero-order chi connectivity index (χ0) is 16.4. The molecule has 0 fully saturated rings. The van der Waals surface area contributed by atoms with E-state index >= 15 is 0 Å². The molecule has 1 aliphatic rings. The molecule has 2 aromatic carbocycles. The quantitative estimate of drug-likeness (QED) is 0.763. The molecule has 1 heterocycles. The molecule has 0 aliphatic carbocycles. The summed E-state index contributed by atoms with van der Waals surface area (Å²) < 4.78 is 6.10. The third-order valence-corrected chi connectivity index (χ3v) is 3.56. The van der Waals surface area contributed by atoms with Gasteiger partial charge >= 0.3 is 0 Å². The Morgan fingerprint density at radius 3 is 2.43 bits per heavy atom. The number of halogens is 1. The molecule has 0 saturated carbocycles. The molecule has 23 heavy (non-hydrogen) atoms. The van der Waals surface area contributed by atoms with Crippen LogP contribution in [0.4, 0.5) is 5.69 Å². The van der Waals surface area contributed by atoms with Crippen molar-refractivity contribution in [1.29, 1.82) is 0 Å². The number of para-hydroxylation sites is 2. The Morgan fingerprint density at radius 1 is 1.00 bits per heavy atom. The van der Waals surface area contributed by atoms with Crippen molar-refractivity contribution in [2.45, 2.75) is 26.3 Å². The van der Waals surface area contributed by atoms with Crippen molar-refractivity contribution in [3.05, 3.63) is 65.2 Å². The molecule has 0 amide bonds. The van der Waals surface area contributed by atoms with Crippen LogP contribution in [-0.2, 0) is 0 Å². The molecule has 0 unspecified atom stereocenters. The number of nitrogens with one attached hydrogen (secondary N) is 1. The van der Waals surface area contributed by atoms with Crippen molar-refractivity contribution in [2.75, 3.05) is 5.32 Å². The second-order valence-electron chi connectivity index (χ2n) is 6.38. The molecular formula is C19H19ClN2O. The lowest BCUT2D eigenvalue weighted by atomic mass is 10.1. The van der Waals surface area contributed by atoms with E-state index in [4.69, 9.17) is 21.3 Å². The summed E-state index contributed by atoms with van der Waals surface area (Å²) in [6.07, 6.45) is 1.90. The van der Waals surface area contributed by atoms with Crippen LogP contribution >= 0.6 is 11.6 Å². The van der Waals surface area contributed by atoms with Gasteiger partial charge in [0, 0.05) is 11.6 Å². The van der Waals surface area contributed by atoms with Gasteiger partial charge in [-0.1, -0.05) is 35.9 Å². The molecule has 0 bridgehead atoms. The molecule has 1 N–H and O–H groups in total. The molecule has 0 spiro atoms. The van der Waals surface area contributed by atoms with Crippen molar-refractivity contribution >= 4 is 28.9 Å². The van der Waals surface area contributed by atoms with Gasteiger partial charge in [-0.2, -0.15) is 0 Å². The van der Waals surface area contributed by atoms with Gasteiger partial charge < -0.3 is 10.1 Å². The van der Waals surface area contributed by atoms with Crippen molar-refractivity contribution < 1.29 is 4.74 Å². The minimum absolute atomic E-state index is 0.205. The minimum Gasteiger partial charge on any atom is -0.454 e. The van der Waals surface area contributed by atoms with Crippen molar-refractivity contribution in [3.8, 4) is 5.75 Å². The molecule has 0 saturated heterocycles. The molecule has 0 atom stereocenters. The first-order valence-electron chi connectivity index (χ1n) is 7.53. The number of hydrogen-bond donors (Lipinski definition) is 1. The highest BCUT2D eigenvalue weighted by Gasteiger charge is 2.18. The van der Waals surface area contributed by atoms with E-state index in [0.717, 1.165) is 22.8 Å². The Balaban J connectivity index is 2.14. The first kappa shape index (κ1) is 15.6. The van der Waals surface area contributed by atoms with E-state index in [2.05, 4.69) is 26.1 Å². The van der Waals surface area contributed by atoms with E-state index in [1.54, 1.807) is 0 Å². The van der Waals surface area contributed by atoms with Gasteiger partial charge in [-0.25, -0.2) is 0 Å². The third-order valence-electron chi connectivity index (χ3n) is 3.23. The lowest BCUT2D eigenvalue weighted by molar-refractivity contribution is 0.519. The third kappa shape index (κ3) is 3.74. The Kier molecular flexibility index (Phi) is 4.14. The Bertz CT molecular complexity index is 788. The fourth-order valence-electron chi connectivity index (χ4n) is 2.32. The lowest BCUT2D eigenvalue weighted by Crippen LogP contribution is -2.18. The first-order chi connectivity index (χ1) is 10.9. The smallest absolute Gasteiger partial charge is 0.150 e. The fourth-order valence-corrected chi connectivity index (χ4v) is 2.55. The molecule has 3 rings (SSSR count). The summed E-state index contributed by atoms with van der Waals surface area (Å²) in [7, 11) is 0. The summed E-state index contributed by atoms with van der Waals surface area (Å²) in [4.78, 5) is 4.74. The zero-order valence-electron chi connectivity index (χ0n) is 13.4. The number of amidine groups is 1. The Morgan fingerprint density at radius 2 is 1.70 bits per heavy atom. The van der Waals surface area contributed by atoms with Gasteiger partial charge in [-0.05, 0) is 45.0 Å². The van der Waals surface area contributed by atoms with Crippen LogP contribution in [0.2, 0.25) is 5.02 Å². The molecule has 3 nitrogen and oxygen atoms in total. The Hall–Kier alpha value is -2.26. The highest BCUT2D eigenvalue weighted by atomic mass is 35.5. The average molecular weight is 327 g/mol. The van der Waals surface area contributed by atoms with Crippen LogP contribution in [0.5, 0.6) is 5.75 Å². The summed E-state index contributed by atoms with van der Waals surface area (Å²) in [5.41, 5.74) is 1.52. The summed E-state index contributed by atoms with van der Waals surface area (Å²) in [5, 5.41) is 3.99. The second kappa shape index (κ2) is 6.09. The summed E-state index contributed by atoms with van der Waals surface area (Å²) in [6, 6.07) is 15.4. The van der Waals surface area contributed by atoms with Crippen molar-refractivity contribution in [1.82, 2.24) is 0 Å². The summed E-state index contributed by atoms with van der Waals surface area (Å²) in [6.45, 7) is 6.17. The standard InChI is InChI=1S/C19H19ClN2O/c1-19(2,3)22-18-12-17(13-8-4-5-9-14(13)20)23-16-11-7-6-10-15(16)21-18/h4-12H,1-3H3,(H,21,22). The van der Waals surface area contributed by atoms with Crippen LogP contribution in [0.25, 0.3) is 5.76 Å². The van der Waals surface area contributed by atoms with E-state index < -0.39 is 0 Å². The van der Waals surface area contributed by atoms with E-state index in [1.807, 2.05) is 54.6 Å². The molecule has 118 valence electrons. The number of ether oxygens (including phenoxy) is 1. The minimum atomic E-state index is -0.205. The SMILES string of the molecule is CC(C)(C)N=C1C=C(c2ccccc2Cl)Oc2ccccc2N1. The van der Waals surface area contributed by atoms with Gasteiger partial charge in [0.15, 0.2) is 5.75 Å². The number of fused-ring (bicyclic) bond motifs is 1. The van der Waals surface area contributed by atoms with E-state index in [-0.39, 0.29) is 5.54 Å². The van der Waals surface area contributed by atoms with Gasteiger partial charge in [-0.3, -0.25) is 4.99 Å². The number of nitrogens with zero attached hydrogens (tertiary/aromatic N) is 1. The highest BCUT2D eigenvalue weighted by molar-refractivity contribution is 6.32. The maximum Gasteiger partial charge on any atom is 0.150 e. The second-order valence-corrected chi connectivity index (χ2v) is 6.79. The molecule has 0 aromatic heterocycles. The van der Waals surface area contributed by atoms with Crippen LogP contribution in [-0.4, -0.2) is 11.4 Å². The molecule has 0 radical (unpaired) electrons. The number of benzene rings is 2. The lowest BCUT2D eigenvalue weighted by Gasteiger charge is -2.14. The maximum absolute atomic E-state index is 6.34. The number of anilines is 1. The van der Waals surface area contributed by atoms with E-state index in [1.165, 1.54) is 0 Å². The fraction of sp³-hybridized carbons (Fsp3) is 0.211. The van der Waals surface area contributed by atoms with Crippen molar-refractivity contribution in [2.24, 2.45) is 4.99 Å². The highest BCUT2D eigenvalue weighted by Crippen LogP contribution is 2.34. The summed E-state index contributed by atoms with van der Waals surface area (Å²) >= 11 is 6.34. The van der Waals surface area contributed by atoms with E-state index in [9.17, 15) is 0 Å². The van der Waals surface area contributed by atoms with Crippen LogP contribution in [0.3, 0.4) is 0 Å². The number of rotatable bonds is 1. The monoisotopic (exact) mass is 326 g/mol. The van der Waals surface area contributed by atoms with Crippen LogP contribution < -0.4 is 10.1 Å². The van der Waals surface area contributed by atoms with Crippen LogP contribution in [0.15, 0.2) is 59.6 Å². The maximum atomic E-state index is 6.34. The average Bonchev–Trinajstić information content (AvgIpc) is 2.64. The van der Waals surface area contributed by atoms with E-state index in [0.29, 0.717) is 10.8 Å². The molecule has 1 aliphatic heterocycles. The molecule has 4 heteroatoms. The zero-order valence-corrected chi connectivity index (χ0v) is 14.2. The largest absolute Gasteiger partial charge is 0.454 e. The van der Waals surface area contributed by atoms with Gasteiger partial charge in [0.25, 0.3) is 0 Å². The predicted molar refractivity (Wildman–Crippen MR) is 97.3 cm³/mol.